The van der Waals surface area contributed by atoms with Crippen LogP contribution in [-0.2, 0) is 92.4 Å². The van der Waals surface area contributed by atoms with Crippen LogP contribution in [0.3, 0.4) is 0 Å². The number of hydrogen-bond acceptors (Lipinski definition) is 13. The second kappa shape index (κ2) is 25.8. The summed E-state index contributed by atoms with van der Waals surface area (Å²) in [6, 6.07) is 25.4. The summed E-state index contributed by atoms with van der Waals surface area (Å²) in [7, 11) is 0. The van der Waals surface area contributed by atoms with Gasteiger partial charge in [0.25, 0.3) is 5.56 Å². The summed E-state index contributed by atoms with van der Waals surface area (Å²) in [4.78, 5) is 126. The summed E-state index contributed by atoms with van der Waals surface area (Å²) in [5.74, 6) is -5.07. The van der Waals surface area contributed by atoms with Gasteiger partial charge in [0.1, 0.15) is 18.5 Å². The molecule has 0 radical (unpaired) electrons. The van der Waals surface area contributed by atoms with Crippen molar-refractivity contribution in [3.63, 3.8) is 0 Å². The Labute approximate surface area is 494 Å². The van der Waals surface area contributed by atoms with E-state index in [2.05, 4.69) is 38.5 Å². The van der Waals surface area contributed by atoms with Crippen molar-refractivity contribution in [3.05, 3.63) is 169 Å². The first-order valence-corrected chi connectivity index (χ1v) is 28.7. The Morgan fingerprint density at radius 3 is 2.30 bits per heavy atom. The molecule has 86 heavy (non-hydrogen) atoms. The van der Waals surface area contributed by atoms with Crippen molar-refractivity contribution in [2.45, 2.75) is 103 Å². The van der Waals surface area contributed by atoms with Gasteiger partial charge in [0.2, 0.25) is 41.4 Å². The maximum atomic E-state index is 15.5. The predicted octanol–water partition coefficient (Wildman–Crippen LogP) is 3.81. The first-order chi connectivity index (χ1) is 41.4. The number of rotatable bonds is 21. The number of halogens is 1. The molecule has 7 amide bonds. The Balaban J connectivity index is 0.672. The van der Waals surface area contributed by atoms with Crippen molar-refractivity contribution < 1.29 is 57.3 Å². The number of hydrogen-bond donors (Lipinski definition) is 7. The SMILES string of the molecule is C=C1Cc2ccccc2N(C(=O)CCC(=O)NCCOCCC(=O)NCC(=O)NCC(=O)N[C@H](Cc2ccccc2)C(=O)NCC(=O)NC2CCc3c(C)c(F)cc4nc5c(c2c34)Cn2c-5cc3c(c2=O)COC(=O)[C@]3(O)CC)Cc2ccccc21. The van der Waals surface area contributed by atoms with E-state index in [0.29, 0.717) is 75.9 Å². The van der Waals surface area contributed by atoms with Gasteiger partial charge in [-0.2, -0.15) is 0 Å². The topological polar surface area (TPSA) is 286 Å². The molecule has 0 saturated heterocycles. The normalized spacial score (nSPS) is 16.6. The molecule has 10 rings (SSSR count). The van der Waals surface area contributed by atoms with Crippen LogP contribution in [0.4, 0.5) is 10.1 Å². The van der Waals surface area contributed by atoms with Gasteiger partial charge in [-0.1, -0.05) is 86.3 Å². The van der Waals surface area contributed by atoms with Gasteiger partial charge >= 0.3 is 5.97 Å². The molecule has 4 aromatic carbocycles. The largest absolute Gasteiger partial charge is 0.458 e. The highest BCUT2D eigenvalue weighted by molar-refractivity contribution is 5.98. The molecule has 1 aliphatic carbocycles. The standard InChI is InChI=1S/C64H66FN9O12/c1-4-64(84)45-28-51-60-43(34-74(51)62(82)44(45)35-86-63(64)83)59-47(19-18-42-37(3)46(65)29-48(72-60)58(42)59)70-56(79)32-69-61(81)49(27-38-12-6-5-7-13-38)71-55(78)31-68-54(77)30-67-53(76)22-24-85-25-23-66-52(75)20-21-57(80)73-33-40-15-8-10-16-41(40)36(2)26-39-14-9-11-17-50(39)73/h5-17,28-29,47,49,84H,2,4,18-27,30-35H2,1,3H3,(H,66,75)(H,67,76)(H,68,77)(H,69,81)(H,70,79)(H,71,78)/t47?,49-,64+/m1/s1. The number of nitrogens with zero attached hydrogens (tertiary/aromatic N) is 3. The van der Waals surface area contributed by atoms with Crippen LogP contribution in [0.25, 0.3) is 27.9 Å². The molecule has 0 spiro atoms. The highest BCUT2D eigenvalue weighted by Crippen LogP contribution is 2.46. The van der Waals surface area contributed by atoms with E-state index in [1.165, 1.54) is 10.6 Å². The number of ether oxygens (including phenoxy) is 2. The summed E-state index contributed by atoms with van der Waals surface area (Å²) in [6.07, 6.45) is 1.12. The molecule has 7 N–H and O–H groups in total. The molecule has 3 aliphatic heterocycles. The lowest BCUT2D eigenvalue weighted by atomic mass is 9.81. The zero-order chi connectivity index (χ0) is 60.8. The lowest BCUT2D eigenvalue weighted by Gasteiger charge is -2.31. The van der Waals surface area contributed by atoms with Crippen molar-refractivity contribution in [3.8, 4) is 11.4 Å². The van der Waals surface area contributed by atoms with Crippen molar-refractivity contribution in [2.24, 2.45) is 0 Å². The van der Waals surface area contributed by atoms with Crippen LogP contribution in [-0.4, -0.2) is 107 Å². The highest BCUT2D eigenvalue weighted by atomic mass is 19.1. The Hall–Kier alpha value is -9.41. The first kappa shape index (κ1) is 59.7. The van der Waals surface area contributed by atoms with Crippen molar-refractivity contribution >= 4 is 69.5 Å². The molecular formula is C64H66FN9O12. The molecule has 446 valence electrons. The number of para-hydroxylation sites is 1. The van der Waals surface area contributed by atoms with E-state index >= 15 is 4.39 Å². The van der Waals surface area contributed by atoms with Gasteiger partial charge in [-0.15, -0.1) is 0 Å². The Morgan fingerprint density at radius 1 is 0.802 bits per heavy atom. The summed E-state index contributed by atoms with van der Waals surface area (Å²) in [6.45, 7) is 6.31. The number of aliphatic hydroxyl groups is 1. The number of carbonyl (C=O) groups excluding carboxylic acids is 8. The van der Waals surface area contributed by atoms with E-state index in [-0.39, 0.29) is 88.0 Å². The van der Waals surface area contributed by atoms with Gasteiger partial charge in [-0.05, 0) is 89.3 Å². The van der Waals surface area contributed by atoms with Gasteiger partial charge in [-0.3, -0.25) is 38.4 Å². The number of fused-ring (bicyclic) bond motifs is 7. The third-order valence-electron chi connectivity index (χ3n) is 16.3. The Kier molecular flexibility index (Phi) is 17.9. The van der Waals surface area contributed by atoms with Crippen LogP contribution >= 0.6 is 0 Å². The molecule has 1 unspecified atom stereocenters. The average molecular weight is 1170 g/mol. The number of anilines is 1. The van der Waals surface area contributed by atoms with Crippen LogP contribution in [0.15, 0.2) is 102 Å². The number of aryl methyl sites for hydroxylation is 1. The number of nitrogens with one attached hydrogen (secondary N) is 6. The predicted molar refractivity (Wildman–Crippen MR) is 314 cm³/mol. The number of carbonyl (C=O) groups is 8. The molecule has 21 nitrogen and oxygen atoms in total. The first-order valence-electron chi connectivity index (χ1n) is 28.7. The number of amides is 7. The lowest BCUT2D eigenvalue weighted by molar-refractivity contribution is -0.172. The fraction of sp³-hybridized carbons (Fsp3) is 0.344. The van der Waals surface area contributed by atoms with E-state index in [1.807, 2.05) is 48.5 Å². The Bertz CT molecular complexity index is 3810. The van der Waals surface area contributed by atoms with Crippen LogP contribution < -0.4 is 42.4 Å². The second-order valence-corrected chi connectivity index (χ2v) is 21.8. The van der Waals surface area contributed by atoms with E-state index in [0.717, 1.165) is 28.0 Å². The van der Waals surface area contributed by atoms with Crippen LogP contribution in [0.5, 0.6) is 0 Å². The number of pyridine rings is 2. The third-order valence-corrected chi connectivity index (χ3v) is 16.3. The number of allylic oxidation sites excluding steroid dienone is 1. The molecular weight excluding hydrogens is 1110 g/mol. The van der Waals surface area contributed by atoms with Gasteiger partial charge in [0, 0.05) is 60.5 Å². The maximum absolute atomic E-state index is 15.5. The minimum Gasteiger partial charge on any atom is -0.458 e. The number of esters is 1. The molecule has 6 aromatic rings. The maximum Gasteiger partial charge on any atom is 0.343 e. The lowest BCUT2D eigenvalue weighted by Crippen LogP contribution is -2.52. The fourth-order valence-electron chi connectivity index (χ4n) is 11.8. The van der Waals surface area contributed by atoms with E-state index in [9.17, 15) is 48.3 Å². The average Bonchev–Trinajstić information content (AvgIpc) is 1.52. The zero-order valence-electron chi connectivity index (χ0n) is 47.7. The van der Waals surface area contributed by atoms with Gasteiger partial charge < -0.3 is 55.9 Å². The summed E-state index contributed by atoms with van der Waals surface area (Å²) in [5.41, 5.74) is 6.40. The van der Waals surface area contributed by atoms with Crippen molar-refractivity contribution in [1.29, 1.82) is 0 Å². The van der Waals surface area contributed by atoms with Gasteiger partial charge in [-0.25, -0.2) is 14.2 Å². The third kappa shape index (κ3) is 12.7. The molecule has 0 saturated carbocycles. The second-order valence-electron chi connectivity index (χ2n) is 21.8. The van der Waals surface area contributed by atoms with E-state index < -0.39 is 84.2 Å². The van der Waals surface area contributed by atoms with Crippen molar-refractivity contribution in [2.75, 3.05) is 44.3 Å². The quantitative estimate of drug-likeness (QED) is 0.0399. The molecule has 3 atom stereocenters. The summed E-state index contributed by atoms with van der Waals surface area (Å²) in [5, 5.41) is 28.0. The van der Waals surface area contributed by atoms with Crippen LogP contribution in [0.1, 0.15) is 101 Å². The molecule has 0 bridgehead atoms. The number of aromatic nitrogens is 2. The van der Waals surface area contributed by atoms with Crippen LogP contribution in [0.2, 0.25) is 0 Å². The molecule has 0 fully saturated rings. The molecule has 2 aromatic heterocycles. The van der Waals surface area contributed by atoms with Gasteiger partial charge in [0.15, 0.2) is 5.60 Å². The summed E-state index contributed by atoms with van der Waals surface area (Å²) >= 11 is 0. The monoisotopic (exact) mass is 1170 g/mol. The fourth-order valence-corrected chi connectivity index (χ4v) is 11.8. The smallest absolute Gasteiger partial charge is 0.343 e. The van der Waals surface area contributed by atoms with Gasteiger partial charge in [0.05, 0.1) is 74.4 Å². The number of cyclic esters (lactones) is 1. The number of benzene rings is 4. The zero-order valence-corrected chi connectivity index (χ0v) is 47.7. The highest BCUT2D eigenvalue weighted by Gasteiger charge is 2.46. The molecule has 4 aliphatic rings. The molecule has 22 heteroatoms. The van der Waals surface area contributed by atoms with Crippen molar-refractivity contribution in [1.82, 2.24) is 41.5 Å². The summed E-state index contributed by atoms with van der Waals surface area (Å²) < 4.78 is 27.7. The van der Waals surface area contributed by atoms with E-state index in [4.69, 9.17) is 14.5 Å². The van der Waals surface area contributed by atoms with E-state index in [1.54, 1.807) is 55.1 Å². The van der Waals surface area contributed by atoms with Crippen LogP contribution in [0, 0.1) is 12.7 Å². The Morgan fingerprint density at radius 2 is 1.51 bits per heavy atom. The molecule has 5 heterocycles. The minimum atomic E-state index is -2.07. The minimum absolute atomic E-state index is 0.00825.